The Morgan fingerprint density at radius 2 is 1.85 bits per heavy atom. The van der Waals surface area contributed by atoms with Gasteiger partial charge in [0, 0.05) is 25.2 Å². The summed E-state index contributed by atoms with van der Waals surface area (Å²) in [5, 5.41) is 3.30. The van der Waals surface area contributed by atoms with Crippen LogP contribution >= 0.6 is 0 Å². The maximum Gasteiger partial charge on any atom is 0.243 e. The molecule has 2 heterocycles. The number of nitrogens with zero attached hydrogens (tertiary/aromatic N) is 1. The highest BCUT2D eigenvalue weighted by atomic mass is 32.2. The van der Waals surface area contributed by atoms with Crippen LogP contribution in [0.25, 0.3) is 0 Å². The second-order valence-corrected chi connectivity index (χ2v) is 7.33. The zero-order chi connectivity index (χ0) is 14.3. The first kappa shape index (κ1) is 13.9. The number of piperidine rings is 1. The summed E-state index contributed by atoms with van der Waals surface area (Å²) in [5.74, 6) is -1.46. The lowest BCUT2D eigenvalue weighted by Gasteiger charge is -2.24. The molecule has 7 heteroatoms. The molecule has 20 heavy (non-hydrogen) atoms. The molecule has 0 bridgehead atoms. The summed E-state index contributed by atoms with van der Waals surface area (Å²) >= 11 is 0. The van der Waals surface area contributed by atoms with Crippen molar-refractivity contribution in [2.45, 2.75) is 23.8 Å². The first-order chi connectivity index (χ1) is 9.46. The molecule has 2 aliphatic heterocycles. The van der Waals surface area contributed by atoms with Crippen molar-refractivity contribution in [1.82, 2.24) is 9.62 Å². The molecule has 1 aromatic carbocycles. The van der Waals surface area contributed by atoms with Crippen molar-refractivity contribution in [1.29, 1.82) is 0 Å². The van der Waals surface area contributed by atoms with E-state index in [0.717, 1.165) is 31.5 Å². The van der Waals surface area contributed by atoms with Crippen LogP contribution in [0.1, 0.15) is 12.8 Å². The Morgan fingerprint density at radius 3 is 2.50 bits per heavy atom. The molecule has 2 aliphatic rings. The molecule has 0 aromatic heterocycles. The van der Waals surface area contributed by atoms with E-state index in [1.54, 1.807) is 0 Å². The van der Waals surface area contributed by atoms with Gasteiger partial charge in [0.2, 0.25) is 10.0 Å². The van der Waals surface area contributed by atoms with Crippen LogP contribution in [0.5, 0.6) is 0 Å². The van der Waals surface area contributed by atoms with Crippen LogP contribution in [0.3, 0.4) is 0 Å². The molecule has 0 saturated carbocycles. The minimum Gasteiger partial charge on any atom is -0.312 e. The van der Waals surface area contributed by atoms with Crippen molar-refractivity contribution in [2.24, 2.45) is 5.92 Å². The molecule has 2 fully saturated rings. The molecule has 1 N–H and O–H groups in total. The molecule has 0 amide bonds. The molecule has 110 valence electrons. The Labute approximate surface area is 116 Å². The monoisotopic (exact) mass is 302 g/mol. The van der Waals surface area contributed by atoms with E-state index in [4.69, 9.17) is 0 Å². The summed E-state index contributed by atoms with van der Waals surface area (Å²) in [6.45, 7) is 1.67. The number of sulfonamides is 1. The standard InChI is InChI=1S/C13H16F2N2O2S/c14-10-4-11(15)6-12(5-10)20(18,19)17-7-9-2-1-3-16-13(9)8-17/h4-6,9,13,16H,1-3,7-8H2. The van der Waals surface area contributed by atoms with Crippen LogP contribution in [0, 0.1) is 17.6 Å². The minimum atomic E-state index is -3.83. The van der Waals surface area contributed by atoms with Gasteiger partial charge in [0.15, 0.2) is 0 Å². The van der Waals surface area contributed by atoms with Crippen molar-refractivity contribution in [3.63, 3.8) is 0 Å². The minimum absolute atomic E-state index is 0.150. The molecule has 1 aromatic rings. The number of hydrogen-bond acceptors (Lipinski definition) is 3. The number of halogens is 2. The first-order valence-electron chi connectivity index (χ1n) is 6.66. The molecule has 4 nitrogen and oxygen atoms in total. The summed E-state index contributed by atoms with van der Waals surface area (Å²) in [6.07, 6.45) is 2.02. The molecule has 0 spiro atoms. The molecular weight excluding hydrogens is 286 g/mol. The fourth-order valence-corrected chi connectivity index (χ4v) is 4.60. The number of hydrogen-bond donors (Lipinski definition) is 1. The topological polar surface area (TPSA) is 49.4 Å². The number of rotatable bonds is 2. The summed E-state index contributed by atoms with van der Waals surface area (Å²) in [5.41, 5.74) is 0. The largest absolute Gasteiger partial charge is 0.312 e. The zero-order valence-corrected chi connectivity index (χ0v) is 11.7. The first-order valence-corrected chi connectivity index (χ1v) is 8.10. The summed E-state index contributed by atoms with van der Waals surface area (Å²) in [4.78, 5) is -0.311. The highest BCUT2D eigenvalue weighted by molar-refractivity contribution is 7.89. The van der Waals surface area contributed by atoms with Crippen molar-refractivity contribution < 1.29 is 17.2 Å². The molecule has 0 radical (unpaired) electrons. The number of fused-ring (bicyclic) bond motifs is 1. The van der Waals surface area contributed by atoms with E-state index in [1.165, 1.54) is 4.31 Å². The van der Waals surface area contributed by atoms with E-state index in [0.29, 0.717) is 19.2 Å². The highest BCUT2D eigenvalue weighted by Gasteiger charge is 2.40. The van der Waals surface area contributed by atoms with Crippen molar-refractivity contribution in [3.05, 3.63) is 29.8 Å². The van der Waals surface area contributed by atoms with E-state index < -0.39 is 21.7 Å². The van der Waals surface area contributed by atoms with Crippen LogP contribution in [0.2, 0.25) is 0 Å². The molecule has 3 rings (SSSR count). The fraction of sp³-hybridized carbons (Fsp3) is 0.538. The van der Waals surface area contributed by atoms with Gasteiger partial charge in [-0.1, -0.05) is 0 Å². The van der Waals surface area contributed by atoms with Gasteiger partial charge in [-0.2, -0.15) is 4.31 Å². The predicted octanol–water partition coefficient (Wildman–Crippen LogP) is 1.34. The average molecular weight is 302 g/mol. The highest BCUT2D eigenvalue weighted by Crippen LogP contribution is 2.29. The lowest BCUT2D eigenvalue weighted by Crippen LogP contribution is -2.41. The van der Waals surface area contributed by atoms with Gasteiger partial charge in [-0.15, -0.1) is 0 Å². The van der Waals surface area contributed by atoms with Crippen LogP contribution in [0.4, 0.5) is 8.78 Å². The van der Waals surface area contributed by atoms with Gasteiger partial charge in [-0.05, 0) is 37.4 Å². The SMILES string of the molecule is O=S(=O)(c1cc(F)cc(F)c1)N1CC2CCCNC2C1. The normalized spacial score (nSPS) is 27.5. The van der Waals surface area contributed by atoms with E-state index in [-0.39, 0.29) is 16.9 Å². The second-order valence-electron chi connectivity index (χ2n) is 5.39. The van der Waals surface area contributed by atoms with Crippen molar-refractivity contribution in [3.8, 4) is 0 Å². The molecule has 2 unspecified atom stereocenters. The Morgan fingerprint density at radius 1 is 1.15 bits per heavy atom. The smallest absolute Gasteiger partial charge is 0.243 e. The quantitative estimate of drug-likeness (QED) is 0.897. The van der Waals surface area contributed by atoms with Gasteiger partial charge < -0.3 is 5.32 Å². The summed E-state index contributed by atoms with van der Waals surface area (Å²) in [7, 11) is -3.83. The van der Waals surface area contributed by atoms with Gasteiger partial charge in [0.25, 0.3) is 0 Å². The van der Waals surface area contributed by atoms with Crippen LogP contribution in [-0.4, -0.2) is 38.4 Å². The van der Waals surface area contributed by atoms with Gasteiger partial charge in [0.1, 0.15) is 11.6 Å². The van der Waals surface area contributed by atoms with Crippen LogP contribution in [-0.2, 0) is 10.0 Å². The molecular formula is C13H16F2N2O2S. The Balaban J connectivity index is 1.88. The molecule has 2 saturated heterocycles. The third-order valence-electron chi connectivity index (χ3n) is 4.04. The number of nitrogens with one attached hydrogen (secondary N) is 1. The third kappa shape index (κ3) is 2.45. The van der Waals surface area contributed by atoms with Gasteiger partial charge in [0.05, 0.1) is 4.90 Å². The molecule has 0 aliphatic carbocycles. The van der Waals surface area contributed by atoms with E-state index in [9.17, 15) is 17.2 Å². The Hall–Kier alpha value is -1.05. The van der Waals surface area contributed by atoms with Gasteiger partial charge in [-0.3, -0.25) is 0 Å². The molecule has 2 atom stereocenters. The van der Waals surface area contributed by atoms with Gasteiger partial charge in [-0.25, -0.2) is 17.2 Å². The summed E-state index contributed by atoms with van der Waals surface area (Å²) < 4.78 is 52.6. The van der Waals surface area contributed by atoms with E-state index in [1.807, 2.05) is 0 Å². The maximum atomic E-state index is 13.2. The third-order valence-corrected chi connectivity index (χ3v) is 5.85. The van der Waals surface area contributed by atoms with Crippen LogP contribution in [0.15, 0.2) is 23.1 Å². The zero-order valence-electron chi connectivity index (χ0n) is 10.9. The van der Waals surface area contributed by atoms with E-state index >= 15 is 0 Å². The lowest BCUT2D eigenvalue weighted by atomic mass is 9.94. The fourth-order valence-electron chi connectivity index (χ4n) is 3.03. The summed E-state index contributed by atoms with van der Waals surface area (Å²) in [6, 6.07) is 2.56. The number of benzene rings is 1. The van der Waals surface area contributed by atoms with Crippen LogP contribution < -0.4 is 5.32 Å². The predicted molar refractivity (Wildman–Crippen MR) is 69.6 cm³/mol. The van der Waals surface area contributed by atoms with Crippen molar-refractivity contribution >= 4 is 10.0 Å². The maximum absolute atomic E-state index is 13.2. The lowest BCUT2D eigenvalue weighted by molar-refractivity contribution is 0.339. The Bertz CT molecular complexity index is 587. The average Bonchev–Trinajstić information content (AvgIpc) is 2.82. The van der Waals surface area contributed by atoms with Gasteiger partial charge >= 0.3 is 0 Å². The second kappa shape index (κ2) is 5.05. The van der Waals surface area contributed by atoms with Crippen molar-refractivity contribution in [2.75, 3.05) is 19.6 Å². The van der Waals surface area contributed by atoms with E-state index in [2.05, 4.69) is 5.32 Å². The Kier molecular flexibility index (Phi) is 3.51.